The number of carbonyl (C=O) groups excluding carboxylic acids is 1. The molecule has 3 aromatic rings. The molecule has 1 atom stereocenters. The van der Waals surface area contributed by atoms with Crippen molar-refractivity contribution in [2.75, 3.05) is 12.0 Å². The van der Waals surface area contributed by atoms with Crippen molar-refractivity contribution in [1.82, 2.24) is 15.0 Å². The Labute approximate surface area is 202 Å². The largest absolute Gasteiger partial charge is 0.481 e. The predicted molar refractivity (Wildman–Crippen MR) is 131 cm³/mol. The number of rotatable bonds is 10. The molecule has 1 N–H and O–H groups in total. The van der Waals surface area contributed by atoms with E-state index in [1.165, 1.54) is 11.3 Å². The molecule has 2 aromatic heterocycles. The highest BCUT2D eigenvalue weighted by atomic mass is 32.1. The summed E-state index contributed by atoms with van der Waals surface area (Å²) in [5, 5.41) is 11.9. The summed E-state index contributed by atoms with van der Waals surface area (Å²) in [7, 11) is 1.55. The zero-order chi connectivity index (χ0) is 24.2. The molecular weight excluding hydrogens is 452 g/mol. The fourth-order valence-corrected chi connectivity index (χ4v) is 4.90. The third kappa shape index (κ3) is 5.41. The number of thiazole rings is 1. The van der Waals surface area contributed by atoms with Crippen LogP contribution in [0.5, 0.6) is 5.88 Å². The topological polar surface area (TPSA) is 106 Å². The Morgan fingerprint density at radius 1 is 1.15 bits per heavy atom. The van der Waals surface area contributed by atoms with Gasteiger partial charge in [-0.3, -0.25) is 14.5 Å². The fourth-order valence-electron chi connectivity index (χ4n) is 4.00. The second kappa shape index (κ2) is 10.3. The number of hydrogen-bond donors (Lipinski definition) is 1. The van der Waals surface area contributed by atoms with E-state index >= 15 is 0 Å². The number of aromatic nitrogens is 3. The van der Waals surface area contributed by atoms with Gasteiger partial charge in [-0.1, -0.05) is 38.1 Å². The zero-order valence-electron chi connectivity index (χ0n) is 19.5. The van der Waals surface area contributed by atoms with Gasteiger partial charge in [0.2, 0.25) is 11.8 Å². The van der Waals surface area contributed by atoms with Crippen molar-refractivity contribution in [2.24, 2.45) is 11.8 Å². The highest BCUT2D eigenvalue weighted by molar-refractivity contribution is 7.14. The maximum Gasteiger partial charge on any atom is 0.304 e. The molecular formula is C25H28N4O4S. The minimum atomic E-state index is -0.955. The van der Waals surface area contributed by atoms with Crippen LogP contribution >= 0.6 is 11.3 Å². The molecule has 0 aliphatic heterocycles. The number of nitrogens with zero attached hydrogens (tertiary/aromatic N) is 4. The lowest BCUT2D eigenvalue weighted by Crippen LogP contribution is -2.39. The quantitative estimate of drug-likeness (QED) is 0.439. The number of amides is 1. The van der Waals surface area contributed by atoms with Crippen molar-refractivity contribution >= 4 is 28.3 Å². The highest BCUT2D eigenvalue weighted by Gasteiger charge is 2.39. The van der Waals surface area contributed by atoms with Gasteiger partial charge in [0.05, 0.1) is 37.3 Å². The monoisotopic (exact) mass is 480 g/mol. The number of carboxylic acid groups (broad SMARTS) is 1. The Morgan fingerprint density at radius 2 is 1.85 bits per heavy atom. The second-order valence-corrected chi connectivity index (χ2v) is 9.71. The van der Waals surface area contributed by atoms with Crippen molar-refractivity contribution in [3.05, 3.63) is 42.0 Å². The van der Waals surface area contributed by atoms with Gasteiger partial charge >= 0.3 is 5.97 Å². The molecule has 1 aliphatic carbocycles. The van der Waals surface area contributed by atoms with Gasteiger partial charge in [0.25, 0.3) is 0 Å². The van der Waals surface area contributed by atoms with Crippen LogP contribution in [0.2, 0.25) is 0 Å². The molecule has 34 heavy (non-hydrogen) atoms. The smallest absolute Gasteiger partial charge is 0.304 e. The first-order valence-corrected chi connectivity index (χ1v) is 12.2. The van der Waals surface area contributed by atoms with Crippen LogP contribution in [0.3, 0.4) is 0 Å². The van der Waals surface area contributed by atoms with Crippen LogP contribution in [-0.2, 0) is 9.59 Å². The van der Waals surface area contributed by atoms with E-state index < -0.39 is 11.9 Å². The summed E-state index contributed by atoms with van der Waals surface area (Å²) >= 11 is 1.40. The lowest BCUT2D eigenvalue weighted by atomic mass is 9.93. The van der Waals surface area contributed by atoms with Gasteiger partial charge in [0, 0.05) is 28.5 Å². The first-order valence-electron chi connectivity index (χ1n) is 11.3. The molecule has 1 saturated carbocycles. The number of benzene rings is 1. The number of hydrogen-bond acceptors (Lipinski definition) is 7. The zero-order valence-corrected chi connectivity index (χ0v) is 20.3. The molecule has 0 saturated heterocycles. The summed E-state index contributed by atoms with van der Waals surface area (Å²) in [6.45, 7) is 4.01. The molecule has 4 rings (SSSR count). The number of carbonyl (C=O) groups is 2. The van der Waals surface area contributed by atoms with E-state index in [0.29, 0.717) is 23.1 Å². The number of ether oxygens (including phenoxy) is 1. The van der Waals surface area contributed by atoms with Crippen LogP contribution in [0.25, 0.3) is 22.5 Å². The molecule has 1 fully saturated rings. The first-order chi connectivity index (χ1) is 16.4. The molecule has 0 radical (unpaired) electrons. The molecule has 2 heterocycles. The Morgan fingerprint density at radius 3 is 2.41 bits per heavy atom. The molecule has 1 aromatic carbocycles. The van der Waals surface area contributed by atoms with Crippen molar-refractivity contribution in [3.8, 4) is 28.4 Å². The van der Waals surface area contributed by atoms with Crippen LogP contribution < -0.4 is 9.64 Å². The maximum atomic E-state index is 13.5. The van der Waals surface area contributed by atoms with Crippen molar-refractivity contribution in [1.29, 1.82) is 0 Å². The van der Waals surface area contributed by atoms with Gasteiger partial charge in [-0.15, -0.1) is 11.3 Å². The lowest BCUT2D eigenvalue weighted by Gasteiger charge is -2.25. The normalized spacial score (nSPS) is 14.1. The van der Waals surface area contributed by atoms with Gasteiger partial charge in [0.1, 0.15) is 0 Å². The van der Waals surface area contributed by atoms with E-state index in [9.17, 15) is 14.7 Å². The predicted octanol–water partition coefficient (Wildman–Crippen LogP) is 4.91. The van der Waals surface area contributed by atoms with Crippen LogP contribution in [0.15, 0.2) is 42.0 Å². The second-order valence-electron chi connectivity index (χ2n) is 8.87. The molecule has 8 nitrogen and oxygen atoms in total. The Bertz CT molecular complexity index is 1160. The average Bonchev–Trinajstić information content (AvgIpc) is 3.54. The Hall–Kier alpha value is -3.33. The summed E-state index contributed by atoms with van der Waals surface area (Å²) in [5.41, 5.74) is 3.20. The fraction of sp³-hybridized carbons (Fsp3) is 0.400. The molecule has 0 bridgehead atoms. The van der Waals surface area contributed by atoms with Crippen molar-refractivity contribution < 1.29 is 19.4 Å². The standard InChI is InChI=1S/C25H28N4O4S/c1-15(2)10-16(11-23(30)31)24(32)29(17-8-9-17)25-28-21(14-34-25)19-7-5-4-6-18(19)20-12-27-22(33-3)13-26-20/h4-7,12-17H,8-11H2,1-3H3,(H,30,31)/t16-/m1/s1. The van der Waals surface area contributed by atoms with Crippen LogP contribution in [0.4, 0.5) is 5.13 Å². The van der Waals surface area contributed by atoms with Gasteiger partial charge in [0.15, 0.2) is 5.13 Å². The summed E-state index contributed by atoms with van der Waals surface area (Å²) in [4.78, 5) is 40.2. The van der Waals surface area contributed by atoms with E-state index in [2.05, 4.69) is 9.97 Å². The minimum Gasteiger partial charge on any atom is -0.481 e. The average molecular weight is 481 g/mol. The van der Waals surface area contributed by atoms with Crippen LogP contribution in [0.1, 0.15) is 39.5 Å². The van der Waals surface area contributed by atoms with E-state index in [-0.39, 0.29) is 24.3 Å². The third-order valence-electron chi connectivity index (χ3n) is 5.69. The number of aliphatic carboxylic acids is 1. The third-order valence-corrected chi connectivity index (χ3v) is 6.53. The molecule has 1 aliphatic rings. The summed E-state index contributed by atoms with van der Waals surface area (Å²) in [5.74, 6) is -1.00. The lowest BCUT2D eigenvalue weighted by molar-refractivity contribution is -0.140. The summed E-state index contributed by atoms with van der Waals surface area (Å²) in [6.07, 6.45) is 5.40. The SMILES string of the molecule is COc1cnc(-c2ccccc2-c2csc(N(C(=O)[C@@H](CC(=O)O)CC(C)C)C3CC3)n2)cn1. The maximum absolute atomic E-state index is 13.5. The van der Waals surface area contributed by atoms with Crippen molar-refractivity contribution in [3.63, 3.8) is 0 Å². The molecule has 0 spiro atoms. The van der Waals surface area contributed by atoms with E-state index in [1.54, 1.807) is 24.4 Å². The molecule has 1 amide bonds. The Kier molecular flexibility index (Phi) is 7.21. The molecule has 178 valence electrons. The van der Waals surface area contributed by atoms with Gasteiger partial charge < -0.3 is 9.84 Å². The Balaban J connectivity index is 1.65. The van der Waals surface area contributed by atoms with Crippen molar-refractivity contribution in [2.45, 2.75) is 45.6 Å². The number of anilines is 1. The van der Waals surface area contributed by atoms with Gasteiger partial charge in [-0.2, -0.15) is 0 Å². The summed E-state index contributed by atoms with van der Waals surface area (Å²) in [6, 6.07) is 7.87. The van der Waals surface area contributed by atoms with E-state index in [0.717, 1.165) is 29.7 Å². The van der Waals surface area contributed by atoms with Crippen LogP contribution in [-0.4, -0.2) is 45.1 Å². The van der Waals surface area contributed by atoms with Crippen LogP contribution in [0, 0.1) is 11.8 Å². The molecule has 9 heteroatoms. The first kappa shape index (κ1) is 23.8. The number of carboxylic acids is 1. The van der Waals surface area contributed by atoms with Gasteiger partial charge in [-0.05, 0) is 25.2 Å². The van der Waals surface area contributed by atoms with Gasteiger partial charge in [-0.25, -0.2) is 15.0 Å². The minimum absolute atomic E-state index is 0.0812. The number of methoxy groups -OCH3 is 1. The summed E-state index contributed by atoms with van der Waals surface area (Å²) < 4.78 is 5.11. The highest BCUT2D eigenvalue weighted by Crippen LogP contribution is 2.39. The van der Waals surface area contributed by atoms with E-state index in [1.807, 2.05) is 43.5 Å². The van der Waals surface area contributed by atoms with E-state index in [4.69, 9.17) is 9.72 Å². The molecule has 0 unspecified atom stereocenters.